The van der Waals surface area contributed by atoms with E-state index in [9.17, 15) is 4.79 Å². The van der Waals surface area contributed by atoms with Crippen molar-refractivity contribution in [1.82, 2.24) is 5.32 Å². The zero-order chi connectivity index (χ0) is 13.2. The van der Waals surface area contributed by atoms with Gasteiger partial charge in [-0.15, -0.1) is 11.8 Å². The molecule has 0 aliphatic carbocycles. The van der Waals surface area contributed by atoms with Gasteiger partial charge >= 0.3 is 6.09 Å². The number of amides is 1. The first-order chi connectivity index (χ1) is 8.72. The normalized spacial score (nSPS) is 9.83. The van der Waals surface area contributed by atoms with Gasteiger partial charge in [-0.2, -0.15) is 0 Å². The SMILES string of the molecule is CCSC(=N)CCNC(=O)OCc1ccccc1. The summed E-state index contributed by atoms with van der Waals surface area (Å²) in [6.45, 7) is 2.72. The third kappa shape index (κ3) is 6.30. The monoisotopic (exact) mass is 266 g/mol. The highest BCUT2D eigenvalue weighted by Gasteiger charge is 2.03. The number of nitrogens with one attached hydrogen (secondary N) is 2. The van der Waals surface area contributed by atoms with Gasteiger partial charge < -0.3 is 10.1 Å². The van der Waals surface area contributed by atoms with Crippen molar-refractivity contribution in [3.05, 3.63) is 35.9 Å². The summed E-state index contributed by atoms with van der Waals surface area (Å²) < 4.78 is 5.04. The van der Waals surface area contributed by atoms with Crippen molar-refractivity contribution < 1.29 is 9.53 Å². The van der Waals surface area contributed by atoms with Crippen LogP contribution in [0.2, 0.25) is 0 Å². The van der Waals surface area contributed by atoms with Crippen molar-refractivity contribution in [1.29, 1.82) is 5.41 Å². The van der Waals surface area contributed by atoms with Crippen molar-refractivity contribution in [3.63, 3.8) is 0 Å². The van der Waals surface area contributed by atoms with E-state index in [4.69, 9.17) is 10.1 Å². The number of thioether (sulfide) groups is 1. The molecule has 0 fully saturated rings. The van der Waals surface area contributed by atoms with Gasteiger partial charge in [-0.3, -0.25) is 5.41 Å². The molecular formula is C13H18N2O2S. The second-order valence-electron chi connectivity index (χ2n) is 3.59. The summed E-state index contributed by atoms with van der Waals surface area (Å²) in [7, 11) is 0. The number of alkyl carbamates (subject to hydrolysis) is 1. The minimum absolute atomic E-state index is 0.272. The molecule has 0 bridgehead atoms. The molecule has 0 saturated carbocycles. The van der Waals surface area contributed by atoms with Crippen LogP contribution in [0, 0.1) is 5.41 Å². The van der Waals surface area contributed by atoms with Gasteiger partial charge in [-0.05, 0) is 11.3 Å². The van der Waals surface area contributed by atoms with E-state index in [1.54, 1.807) is 0 Å². The molecule has 0 spiro atoms. The van der Waals surface area contributed by atoms with Crippen LogP contribution < -0.4 is 5.32 Å². The maximum Gasteiger partial charge on any atom is 0.407 e. The smallest absolute Gasteiger partial charge is 0.407 e. The van der Waals surface area contributed by atoms with E-state index in [0.29, 0.717) is 18.0 Å². The Hall–Kier alpha value is -1.49. The average molecular weight is 266 g/mol. The minimum atomic E-state index is -0.437. The first-order valence-electron chi connectivity index (χ1n) is 5.87. The molecule has 18 heavy (non-hydrogen) atoms. The first kappa shape index (κ1) is 14.6. The van der Waals surface area contributed by atoms with Gasteiger partial charge in [-0.25, -0.2) is 4.79 Å². The van der Waals surface area contributed by atoms with Crippen LogP contribution >= 0.6 is 11.8 Å². The molecule has 0 aromatic heterocycles. The number of rotatable bonds is 6. The van der Waals surface area contributed by atoms with Gasteiger partial charge in [0.25, 0.3) is 0 Å². The van der Waals surface area contributed by atoms with E-state index < -0.39 is 6.09 Å². The quantitative estimate of drug-likeness (QED) is 0.614. The fourth-order valence-corrected chi connectivity index (χ4v) is 1.89. The summed E-state index contributed by atoms with van der Waals surface area (Å²) in [6.07, 6.45) is 0.118. The third-order valence-corrected chi connectivity index (χ3v) is 2.99. The molecule has 4 nitrogen and oxygen atoms in total. The molecule has 98 valence electrons. The molecule has 0 aliphatic heterocycles. The Balaban J connectivity index is 2.13. The lowest BCUT2D eigenvalue weighted by atomic mass is 10.2. The summed E-state index contributed by atoms with van der Waals surface area (Å²) in [4.78, 5) is 11.3. The molecule has 1 aromatic rings. The number of carbonyl (C=O) groups is 1. The van der Waals surface area contributed by atoms with E-state index in [1.807, 2.05) is 37.3 Å². The van der Waals surface area contributed by atoms with Gasteiger partial charge in [-0.1, -0.05) is 37.3 Å². The molecule has 0 atom stereocenters. The number of benzene rings is 1. The largest absolute Gasteiger partial charge is 0.445 e. The topological polar surface area (TPSA) is 62.2 Å². The molecule has 0 saturated heterocycles. The zero-order valence-corrected chi connectivity index (χ0v) is 11.3. The van der Waals surface area contributed by atoms with Gasteiger partial charge in [0.05, 0.1) is 5.04 Å². The fourth-order valence-electron chi connectivity index (χ4n) is 1.30. The van der Waals surface area contributed by atoms with Crippen molar-refractivity contribution in [2.75, 3.05) is 12.3 Å². The molecule has 0 heterocycles. The van der Waals surface area contributed by atoms with Crippen molar-refractivity contribution in [3.8, 4) is 0 Å². The highest BCUT2D eigenvalue weighted by Crippen LogP contribution is 2.04. The molecule has 0 aliphatic rings. The summed E-state index contributed by atoms with van der Waals surface area (Å²) in [5, 5.41) is 10.8. The fraction of sp³-hybridized carbons (Fsp3) is 0.385. The van der Waals surface area contributed by atoms with Crippen LogP contribution in [0.4, 0.5) is 4.79 Å². The Kier molecular flexibility index (Phi) is 6.94. The van der Waals surface area contributed by atoms with Crippen LogP contribution in [0.1, 0.15) is 18.9 Å². The molecule has 0 radical (unpaired) electrons. The van der Waals surface area contributed by atoms with Gasteiger partial charge in [0.15, 0.2) is 0 Å². The average Bonchev–Trinajstić information content (AvgIpc) is 2.38. The number of hydrogen-bond acceptors (Lipinski definition) is 4. The number of carbonyl (C=O) groups excluding carboxylic acids is 1. The molecule has 1 amide bonds. The van der Waals surface area contributed by atoms with E-state index >= 15 is 0 Å². The Bertz CT molecular complexity index is 382. The molecule has 0 unspecified atom stereocenters. The summed E-state index contributed by atoms with van der Waals surface area (Å²) in [5.41, 5.74) is 0.960. The second kappa shape index (κ2) is 8.58. The first-order valence-corrected chi connectivity index (χ1v) is 6.85. The maximum atomic E-state index is 11.3. The molecule has 2 N–H and O–H groups in total. The molecule has 1 rings (SSSR count). The van der Waals surface area contributed by atoms with E-state index in [-0.39, 0.29) is 6.61 Å². The van der Waals surface area contributed by atoms with E-state index in [1.165, 1.54) is 11.8 Å². The number of hydrogen-bond donors (Lipinski definition) is 2. The molecule has 5 heteroatoms. The lowest BCUT2D eigenvalue weighted by Crippen LogP contribution is -2.26. The van der Waals surface area contributed by atoms with Crippen LogP contribution in [0.15, 0.2) is 30.3 Å². The van der Waals surface area contributed by atoms with Crippen LogP contribution in [-0.2, 0) is 11.3 Å². The van der Waals surface area contributed by atoms with Crippen LogP contribution in [0.3, 0.4) is 0 Å². The predicted octanol–water partition coefficient (Wildman–Crippen LogP) is 3.03. The van der Waals surface area contributed by atoms with Gasteiger partial charge in [0.2, 0.25) is 0 Å². The summed E-state index contributed by atoms with van der Waals surface area (Å²) in [5.74, 6) is 0.886. The lowest BCUT2D eigenvalue weighted by molar-refractivity contribution is 0.140. The maximum absolute atomic E-state index is 11.3. The number of ether oxygens (including phenoxy) is 1. The van der Waals surface area contributed by atoms with Gasteiger partial charge in [0, 0.05) is 13.0 Å². The Morgan fingerprint density at radius 1 is 1.39 bits per heavy atom. The van der Waals surface area contributed by atoms with Crippen molar-refractivity contribution in [2.45, 2.75) is 20.0 Å². The Morgan fingerprint density at radius 2 is 2.11 bits per heavy atom. The standard InChI is InChI=1S/C13H18N2O2S/c1-2-18-12(14)8-9-15-13(16)17-10-11-6-4-3-5-7-11/h3-7,14H,2,8-10H2,1H3,(H,15,16). The van der Waals surface area contributed by atoms with Crippen LogP contribution in [0.25, 0.3) is 0 Å². The lowest BCUT2D eigenvalue weighted by Gasteiger charge is -2.07. The van der Waals surface area contributed by atoms with Crippen molar-refractivity contribution in [2.24, 2.45) is 0 Å². The summed E-state index contributed by atoms with van der Waals surface area (Å²) >= 11 is 1.48. The van der Waals surface area contributed by atoms with Crippen molar-refractivity contribution >= 4 is 22.9 Å². The molecule has 1 aromatic carbocycles. The second-order valence-corrected chi connectivity index (χ2v) is 4.95. The van der Waals surface area contributed by atoms with E-state index in [2.05, 4.69) is 5.32 Å². The highest BCUT2D eigenvalue weighted by molar-refractivity contribution is 8.13. The zero-order valence-electron chi connectivity index (χ0n) is 10.4. The van der Waals surface area contributed by atoms with Crippen LogP contribution in [0.5, 0.6) is 0 Å². The minimum Gasteiger partial charge on any atom is -0.445 e. The van der Waals surface area contributed by atoms with Gasteiger partial charge in [0.1, 0.15) is 6.61 Å². The van der Waals surface area contributed by atoms with E-state index in [0.717, 1.165) is 11.3 Å². The third-order valence-electron chi connectivity index (χ3n) is 2.15. The predicted molar refractivity (Wildman–Crippen MR) is 75.1 cm³/mol. The van der Waals surface area contributed by atoms with Crippen LogP contribution in [-0.4, -0.2) is 23.4 Å². The Morgan fingerprint density at radius 3 is 2.78 bits per heavy atom. The summed E-state index contributed by atoms with van der Waals surface area (Å²) in [6, 6.07) is 9.53. The molecular weight excluding hydrogens is 248 g/mol. The highest BCUT2D eigenvalue weighted by atomic mass is 32.2. The Labute approximate surface area is 112 Å².